The van der Waals surface area contributed by atoms with Crippen LogP contribution in [-0.4, -0.2) is 9.13 Å². The molecule has 230 valence electrons. The van der Waals surface area contributed by atoms with Crippen LogP contribution in [0.4, 0.5) is 0 Å². The van der Waals surface area contributed by atoms with Crippen molar-refractivity contribution in [2.24, 2.45) is 0 Å². The molecule has 0 bridgehead atoms. The van der Waals surface area contributed by atoms with Crippen molar-refractivity contribution in [3.8, 4) is 51.8 Å². The number of hydrogen-bond donors (Lipinski definition) is 0. The average Bonchev–Trinajstić information content (AvgIpc) is 3.69. The van der Waals surface area contributed by atoms with Crippen molar-refractivity contribution >= 4 is 43.6 Å². The molecule has 0 aliphatic carbocycles. The standard InChI is InChI=1S/C45H25N5/c46-26-29-13-23-43-40(24-29)38-8-2-4-11-42(38)50(43)45-34(28-48)6-5-9-36(45)33-16-14-31(15-17-33)32-18-20-35(21-19-32)49-41-10-3-1-7-37(41)39-22-12-30(27-47)25-44(39)49/h1-25H. The molecular formula is C45H25N5. The largest absolute Gasteiger partial charge is 0.309 e. The summed E-state index contributed by atoms with van der Waals surface area (Å²) in [6.45, 7) is 0. The molecule has 0 N–H and O–H groups in total. The topological polar surface area (TPSA) is 81.2 Å². The van der Waals surface area contributed by atoms with E-state index in [4.69, 9.17) is 0 Å². The number of para-hydroxylation sites is 3. The Kier molecular flexibility index (Phi) is 6.56. The molecular weight excluding hydrogens is 611 g/mol. The first-order valence-corrected chi connectivity index (χ1v) is 16.3. The van der Waals surface area contributed by atoms with Crippen molar-refractivity contribution in [3.05, 3.63) is 168 Å². The van der Waals surface area contributed by atoms with Crippen LogP contribution in [0.3, 0.4) is 0 Å². The van der Waals surface area contributed by atoms with Crippen LogP contribution in [0.1, 0.15) is 16.7 Å². The smallest absolute Gasteiger partial charge is 0.101 e. The Bertz CT molecular complexity index is 2940. The van der Waals surface area contributed by atoms with Crippen molar-refractivity contribution in [1.82, 2.24) is 9.13 Å². The van der Waals surface area contributed by atoms with Crippen molar-refractivity contribution in [2.45, 2.75) is 0 Å². The lowest BCUT2D eigenvalue weighted by atomic mass is 9.97. The van der Waals surface area contributed by atoms with Gasteiger partial charge in [0.2, 0.25) is 0 Å². The van der Waals surface area contributed by atoms with E-state index >= 15 is 0 Å². The molecule has 0 amide bonds. The summed E-state index contributed by atoms with van der Waals surface area (Å²) >= 11 is 0. The summed E-state index contributed by atoms with van der Waals surface area (Å²) in [6.07, 6.45) is 0. The predicted molar refractivity (Wildman–Crippen MR) is 200 cm³/mol. The molecule has 0 aliphatic heterocycles. The SMILES string of the molecule is N#Cc1ccc2c(c1)c1ccccc1n2-c1c(C#N)cccc1-c1ccc(-c2ccc(-n3c4ccccc4c4ccc(C#N)cc43)cc2)cc1. The summed E-state index contributed by atoms with van der Waals surface area (Å²) in [6, 6.07) is 57.9. The fraction of sp³-hybridized carbons (Fsp3) is 0. The van der Waals surface area contributed by atoms with Crippen molar-refractivity contribution in [3.63, 3.8) is 0 Å². The van der Waals surface area contributed by atoms with Crippen LogP contribution < -0.4 is 0 Å². The Morgan fingerprint density at radius 3 is 1.64 bits per heavy atom. The van der Waals surface area contributed by atoms with E-state index < -0.39 is 0 Å². The maximum absolute atomic E-state index is 10.3. The zero-order valence-electron chi connectivity index (χ0n) is 26.7. The molecule has 0 fully saturated rings. The Morgan fingerprint density at radius 1 is 0.380 bits per heavy atom. The highest BCUT2D eigenvalue weighted by Crippen LogP contribution is 2.39. The fourth-order valence-electron chi connectivity index (χ4n) is 7.35. The number of nitrogens with zero attached hydrogens (tertiary/aromatic N) is 5. The normalized spacial score (nSPS) is 11.1. The van der Waals surface area contributed by atoms with E-state index in [1.54, 1.807) is 0 Å². The lowest BCUT2D eigenvalue weighted by Gasteiger charge is -2.16. The molecule has 0 saturated carbocycles. The second-order valence-corrected chi connectivity index (χ2v) is 12.3. The summed E-state index contributed by atoms with van der Waals surface area (Å²) in [5.41, 5.74) is 11.8. The Hall–Kier alpha value is -7.39. The zero-order chi connectivity index (χ0) is 33.8. The molecule has 2 heterocycles. The van der Waals surface area contributed by atoms with Gasteiger partial charge in [0.15, 0.2) is 0 Å². The van der Waals surface area contributed by atoms with Gasteiger partial charge in [-0.1, -0.05) is 91.0 Å². The maximum Gasteiger partial charge on any atom is 0.101 e. The third-order valence-electron chi connectivity index (χ3n) is 9.64. The molecule has 5 heteroatoms. The number of nitriles is 3. The lowest BCUT2D eigenvalue weighted by molar-refractivity contribution is 1.17. The Labute approximate surface area is 287 Å². The molecule has 9 rings (SSSR count). The highest BCUT2D eigenvalue weighted by Gasteiger charge is 2.19. The molecule has 5 nitrogen and oxygen atoms in total. The predicted octanol–water partition coefficient (Wildman–Crippen LogP) is 10.8. The van der Waals surface area contributed by atoms with Gasteiger partial charge in [0, 0.05) is 32.8 Å². The summed E-state index contributed by atoms with van der Waals surface area (Å²) in [7, 11) is 0. The lowest BCUT2D eigenvalue weighted by Crippen LogP contribution is -2.01. The summed E-state index contributed by atoms with van der Waals surface area (Å²) < 4.78 is 4.37. The first-order valence-electron chi connectivity index (χ1n) is 16.3. The molecule has 0 aliphatic rings. The van der Waals surface area contributed by atoms with Crippen LogP contribution in [-0.2, 0) is 0 Å². The number of rotatable bonds is 4. The van der Waals surface area contributed by atoms with Crippen molar-refractivity contribution in [2.75, 3.05) is 0 Å². The van der Waals surface area contributed by atoms with Crippen molar-refractivity contribution in [1.29, 1.82) is 15.8 Å². The molecule has 0 saturated heterocycles. The van der Waals surface area contributed by atoms with Gasteiger partial charge in [-0.2, -0.15) is 15.8 Å². The van der Waals surface area contributed by atoms with Gasteiger partial charge in [-0.25, -0.2) is 0 Å². The number of fused-ring (bicyclic) bond motifs is 6. The van der Waals surface area contributed by atoms with Gasteiger partial charge in [-0.3, -0.25) is 0 Å². The maximum atomic E-state index is 10.3. The minimum Gasteiger partial charge on any atom is -0.309 e. The number of benzene rings is 7. The number of hydrogen-bond acceptors (Lipinski definition) is 3. The molecule has 2 aromatic heterocycles. The van der Waals surface area contributed by atoms with Gasteiger partial charge < -0.3 is 9.13 Å². The van der Waals surface area contributed by atoms with E-state index in [0.717, 1.165) is 77.2 Å². The minimum absolute atomic E-state index is 0.570. The fourth-order valence-corrected chi connectivity index (χ4v) is 7.35. The van der Waals surface area contributed by atoms with Crippen LogP contribution in [0.2, 0.25) is 0 Å². The highest BCUT2D eigenvalue weighted by molar-refractivity contribution is 6.11. The second-order valence-electron chi connectivity index (χ2n) is 12.3. The molecule has 9 aromatic rings. The molecule has 0 spiro atoms. The first kappa shape index (κ1) is 28.8. The van der Waals surface area contributed by atoms with E-state index in [9.17, 15) is 15.8 Å². The van der Waals surface area contributed by atoms with Crippen LogP contribution >= 0.6 is 0 Å². The van der Waals surface area contributed by atoms with Gasteiger partial charge in [0.1, 0.15) is 6.07 Å². The average molecular weight is 636 g/mol. The van der Waals surface area contributed by atoms with Crippen LogP contribution in [0.25, 0.3) is 77.2 Å². The van der Waals surface area contributed by atoms with Crippen LogP contribution in [0.15, 0.2) is 152 Å². The molecule has 50 heavy (non-hydrogen) atoms. The minimum atomic E-state index is 0.570. The molecule has 0 radical (unpaired) electrons. The molecule has 7 aromatic carbocycles. The number of aromatic nitrogens is 2. The van der Waals surface area contributed by atoms with E-state index in [-0.39, 0.29) is 0 Å². The third kappa shape index (κ3) is 4.38. The van der Waals surface area contributed by atoms with Crippen LogP contribution in [0, 0.1) is 34.0 Å². The van der Waals surface area contributed by atoms with Crippen LogP contribution in [0.5, 0.6) is 0 Å². The van der Waals surface area contributed by atoms with Gasteiger partial charge in [0.25, 0.3) is 0 Å². The van der Waals surface area contributed by atoms with Gasteiger partial charge in [-0.05, 0) is 77.4 Å². The monoisotopic (exact) mass is 635 g/mol. The van der Waals surface area contributed by atoms with E-state index in [2.05, 4.69) is 106 Å². The Balaban J connectivity index is 1.13. The summed E-state index contributed by atoms with van der Waals surface area (Å²) in [4.78, 5) is 0. The quantitative estimate of drug-likeness (QED) is 0.193. The summed E-state index contributed by atoms with van der Waals surface area (Å²) in [5.74, 6) is 0. The zero-order valence-corrected chi connectivity index (χ0v) is 26.7. The van der Waals surface area contributed by atoms with Gasteiger partial charge >= 0.3 is 0 Å². The highest BCUT2D eigenvalue weighted by atomic mass is 15.0. The van der Waals surface area contributed by atoms with E-state index in [1.807, 2.05) is 72.8 Å². The van der Waals surface area contributed by atoms with Gasteiger partial charge in [0.05, 0.1) is 56.6 Å². The van der Waals surface area contributed by atoms with Crippen molar-refractivity contribution < 1.29 is 0 Å². The van der Waals surface area contributed by atoms with E-state index in [1.165, 1.54) is 0 Å². The third-order valence-corrected chi connectivity index (χ3v) is 9.64. The molecule has 0 unspecified atom stereocenters. The Morgan fingerprint density at radius 2 is 0.940 bits per heavy atom. The van der Waals surface area contributed by atoms with Gasteiger partial charge in [-0.15, -0.1) is 0 Å². The first-order chi connectivity index (χ1) is 24.7. The summed E-state index contributed by atoms with van der Waals surface area (Å²) in [5, 5.41) is 33.8. The van der Waals surface area contributed by atoms with E-state index in [0.29, 0.717) is 16.7 Å². The molecule has 0 atom stereocenters. The second kappa shape index (κ2) is 11.4.